The minimum Gasteiger partial charge on any atom is -0.341 e. The van der Waals surface area contributed by atoms with Crippen molar-refractivity contribution in [1.29, 1.82) is 0 Å². The van der Waals surface area contributed by atoms with Crippen molar-refractivity contribution in [2.75, 3.05) is 58.2 Å². The van der Waals surface area contributed by atoms with Crippen LogP contribution in [0.15, 0.2) is 48.7 Å². The second-order valence-corrected chi connectivity index (χ2v) is 14.5. The van der Waals surface area contributed by atoms with Gasteiger partial charge in [0.1, 0.15) is 6.04 Å². The van der Waals surface area contributed by atoms with Crippen LogP contribution in [0.1, 0.15) is 62.5 Å². The summed E-state index contributed by atoms with van der Waals surface area (Å²) in [5, 5.41) is 14.4. The summed E-state index contributed by atoms with van der Waals surface area (Å²) in [6.45, 7) is 7.56. The lowest BCUT2D eigenvalue weighted by molar-refractivity contribution is -0.135. The Morgan fingerprint density at radius 1 is 0.875 bits per heavy atom. The maximum atomic E-state index is 14.3. The average Bonchev–Trinajstić information content (AvgIpc) is 3.52. The molecule has 256 valence electrons. The summed E-state index contributed by atoms with van der Waals surface area (Å²) in [6.07, 6.45) is 8.54. The molecule has 2 aromatic carbocycles. The van der Waals surface area contributed by atoms with E-state index in [4.69, 9.17) is 0 Å². The molecule has 0 radical (unpaired) electrons. The normalized spacial score (nSPS) is 21.8. The standard InChI is InChI=1S/C37H50N8O3/c1-25(29-7-8-33-30(23-29)24-38-41-33)34(35(46)43-18-11-27(12-19-43)26-9-16-42(2)17-10-26)40-36(47)44-20-14-31(15-21-44)45-22-13-28-5-3-4-6-32(28)39-37(45)48/h3-8,23-27,31,34H,9-22H2,1-2H3,(H,38,41)(H,39,48)(H,40,47). The monoisotopic (exact) mass is 654 g/mol. The first kappa shape index (κ1) is 32.4. The first-order chi connectivity index (χ1) is 23.3. The van der Waals surface area contributed by atoms with Gasteiger partial charge in [-0.1, -0.05) is 31.2 Å². The van der Waals surface area contributed by atoms with Crippen LogP contribution in [0.2, 0.25) is 0 Å². The van der Waals surface area contributed by atoms with Gasteiger partial charge in [-0.05, 0) is 106 Å². The van der Waals surface area contributed by atoms with Gasteiger partial charge in [-0.2, -0.15) is 5.10 Å². The second-order valence-electron chi connectivity index (χ2n) is 14.5. The minimum atomic E-state index is -0.686. The van der Waals surface area contributed by atoms with Crippen LogP contribution < -0.4 is 10.6 Å². The SMILES string of the molecule is CC(c1ccc2[nH]ncc2c1)C(NC(=O)N1CCC(N2CCc3ccccc3NC2=O)CC1)C(=O)N1CCC(C2CCN(C)CC2)CC1. The van der Waals surface area contributed by atoms with Crippen LogP contribution in [0.25, 0.3) is 10.9 Å². The fourth-order valence-corrected chi connectivity index (χ4v) is 8.47. The number of aromatic amines is 1. The Bertz CT molecular complexity index is 1600. The van der Waals surface area contributed by atoms with Crippen molar-refractivity contribution in [3.05, 3.63) is 59.8 Å². The van der Waals surface area contributed by atoms with Gasteiger partial charge in [0.15, 0.2) is 0 Å². The molecule has 0 saturated carbocycles. The molecular weight excluding hydrogens is 604 g/mol. The summed E-state index contributed by atoms with van der Waals surface area (Å²) >= 11 is 0. The van der Waals surface area contributed by atoms with Gasteiger partial charge in [0.05, 0.1) is 11.7 Å². The molecule has 48 heavy (non-hydrogen) atoms. The van der Waals surface area contributed by atoms with E-state index >= 15 is 0 Å². The average molecular weight is 655 g/mol. The number of amides is 5. The highest BCUT2D eigenvalue weighted by molar-refractivity contribution is 5.91. The minimum absolute atomic E-state index is 0.000609. The molecule has 5 amide bonds. The number of aromatic nitrogens is 2. The first-order valence-corrected chi connectivity index (χ1v) is 18.0. The molecule has 7 rings (SSSR count). The van der Waals surface area contributed by atoms with Gasteiger partial charge in [-0.15, -0.1) is 0 Å². The number of nitrogens with zero attached hydrogens (tertiary/aromatic N) is 5. The van der Waals surface area contributed by atoms with Gasteiger partial charge in [-0.3, -0.25) is 9.89 Å². The Morgan fingerprint density at radius 2 is 1.56 bits per heavy atom. The molecule has 0 bridgehead atoms. The summed E-state index contributed by atoms with van der Waals surface area (Å²) in [6, 6.07) is 13.1. The number of carbonyl (C=O) groups excluding carboxylic acids is 3. The lowest BCUT2D eigenvalue weighted by Crippen LogP contribution is -2.57. The summed E-state index contributed by atoms with van der Waals surface area (Å²) in [5.41, 5.74) is 3.96. The molecule has 2 unspecified atom stereocenters. The topological polar surface area (TPSA) is 117 Å². The molecular formula is C37H50N8O3. The van der Waals surface area contributed by atoms with E-state index < -0.39 is 6.04 Å². The summed E-state index contributed by atoms with van der Waals surface area (Å²) in [7, 11) is 2.20. The fourth-order valence-electron chi connectivity index (χ4n) is 8.47. The molecule has 1 aromatic heterocycles. The molecule has 0 aliphatic carbocycles. The molecule has 4 aliphatic rings. The maximum Gasteiger partial charge on any atom is 0.322 e. The zero-order valence-electron chi connectivity index (χ0n) is 28.4. The largest absolute Gasteiger partial charge is 0.341 e. The summed E-state index contributed by atoms with van der Waals surface area (Å²) in [4.78, 5) is 49.5. The van der Waals surface area contributed by atoms with E-state index in [-0.39, 0.29) is 29.9 Å². The third-order valence-electron chi connectivity index (χ3n) is 11.7. The highest BCUT2D eigenvalue weighted by Crippen LogP contribution is 2.33. The van der Waals surface area contributed by atoms with Crippen molar-refractivity contribution >= 4 is 34.6 Å². The predicted octanol–water partition coefficient (Wildman–Crippen LogP) is 4.88. The molecule has 2 atom stereocenters. The Balaban J connectivity index is 1.01. The highest BCUT2D eigenvalue weighted by Gasteiger charge is 2.38. The van der Waals surface area contributed by atoms with E-state index in [9.17, 15) is 14.4 Å². The van der Waals surface area contributed by atoms with Gasteiger partial charge in [-0.25, -0.2) is 9.59 Å². The number of anilines is 1. The number of hydrogen-bond donors (Lipinski definition) is 3. The van der Waals surface area contributed by atoms with Crippen LogP contribution in [0.3, 0.4) is 0 Å². The van der Waals surface area contributed by atoms with Crippen LogP contribution in [0.5, 0.6) is 0 Å². The lowest BCUT2D eigenvalue weighted by Gasteiger charge is -2.41. The number of urea groups is 2. The molecule has 0 spiro atoms. The number of benzene rings is 2. The van der Waals surface area contributed by atoms with E-state index in [0.29, 0.717) is 38.4 Å². The van der Waals surface area contributed by atoms with Gasteiger partial charge in [0.2, 0.25) is 5.91 Å². The molecule has 5 heterocycles. The van der Waals surface area contributed by atoms with E-state index in [0.717, 1.165) is 79.1 Å². The number of likely N-dealkylation sites (tertiary alicyclic amines) is 3. The smallest absolute Gasteiger partial charge is 0.322 e. The maximum absolute atomic E-state index is 14.3. The Morgan fingerprint density at radius 3 is 2.31 bits per heavy atom. The quantitative estimate of drug-likeness (QED) is 0.351. The summed E-state index contributed by atoms with van der Waals surface area (Å²) in [5.74, 6) is 1.18. The van der Waals surface area contributed by atoms with Crippen molar-refractivity contribution in [1.82, 2.24) is 35.1 Å². The fraction of sp³-hybridized carbons (Fsp3) is 0.568. The van der Waals surface area contributed by atoms with Crippen molar-refractivity contribution in [2.24, 2.45) is 11.8 Å². The van der Waals surface area contributed by atoms with Gasteiger partial charge >= 0.3 is 12.1 Å². The van der Waals surface area contributed by atoms with Crippen LogP contribution in [-0.2, 0) is 11.2 Å². The second kappa shape index (κ2) is 14.2. The van der Waals surface area contributed by atoms with E-state index in [2.05, 4.69) is 44.9 Å². The van der Waals surface area contributed by atoms with Crippen LogP contribution in [0, 0.1) is 11.8 Å². The van der Waals surface area contributed by atoms with Crippen LogP contribution >= 0.6 is 0 Å². The Kier molecular flexibility index (Phi) is 9.57. The summed E-state index contributed by atoms with van der Waals surface area (Å²) < 4.78 is 0. The first-order valence-electron chi connectivity index (χ1n) is 18.0. The number of hydrogen-bond acceptors (Lipinski definition) is 5. The number of carbonyl (C=O) groups is 3. The molecule has 11 heteroatoms. The molecule has 3 N–H and O–H groups in total. The van der Waals surface area contributed by atoms with Crippen LogP contribution in [-0.4, -0.2) is 113 Å². The lowest BCUT2D eigenvalue weighted by atomic mass is 9.78. The number of nitrogens with one attached hydrogen (secondary N) is 3. The van der Waals surface area contributed by atoms with Crippen molar-refractivity contribution in [3.8, 4) is 0 Å². The Hall–Kier alpha value is -4.12. The number of para-hydroxylation sites is 1. The number of piperidine rings is 3. The predicted molar refractivity (Wildman–Crippen MR) is 187 cm³/mol. The zero-order chi connectivity index (χ0) is 33.2. The van der Waals surface area contributed by atoms with Gasteiger partial charge < -0.3 is 30.2 Å². The van der Waals surface area contributed by atoms with Gasteiger partial charge in [0.25, 0.3) is 0 Å². The number of fused-ring (bicyclic) bond motifs is 2. The van der Waals surface area contributed by atoms with Crippen LogP contribution in [0.4, 0.5) is 15.3 Å². The third-order valence-corrected chi connectivity index (χ3v) is 11.7. The van der Waals surface area contributed by atoms with E-state index in [1.165, 1.54) is 12.8 Å². The van der Waals surface area contributed by atoms with E-state index in [1.807, 2.05) is 52.0 Å². The molecule has 4 aliphatic heterocycles. The molecule has 3 fully saturated rings. The zero-order valence-corrected chi connectivity index (χ0v) is 28.4. The third kappa shape index (κ3) is 6.88. The molecule has 3 saturated heterocycles. The highest BCUT2D eigenvalue weighted by atomic mass is 16.2. The van der Waals surface area contributed by atoms with E-state index in [1.54, 1.807) is 6.20 Å². The van der Waals surface area contributed by atoms with Crippen molar-refractivity contribution in [3.63, 3.8) is 0 Å². The number of rotatable bonds is 6. The number of H-pyrrole nitrogens is 1. The van der Waals surface area contributed by atoms with Crippen molar-refractivity contribution < 1.29 is 14.4 Å². The molecule has 11 nitrogen and oxygen atoms in total. The van der Waals surface area contributed by atoms with Gasteiger partial charge in [0, 0.05) is 55.8 Å². The Labute approximate surface area is 283 Å². The molecule has 3 aromatic rings. The van der Waals surface area contributed by atoms with Crippen molar-refractivity contribution in [2.45, 2.75) is 69.9 Å².